The zero-order valence-electron chi connectivity index (χ0n) is 11.0. The fourth-order valence-corrected chi connectivity index (χ4v) is 2.16. The second-order valence-electron chi connectivity index (χ2n) is 4.45. The molecule has 1 aromatic carbocycles. The largest absolute Gasteiger partial charge is 0.331 e. The summed E-state index contributed by atoms with van der Waals surface area (Å²) in [6, 6.07) is 5.23. The lowest BCUT2D eigenvalue weighted by atomic mass is 10.2. The van der Waals surface area contributed by atoms with Gasteiger partial charge in [-0.2, -0.15) is 0 Å². The van der Waals surface area contributed by atoms with Crippen molar-refractivity contribution in [1.29, 1.82) is 0 Å². The molecule has 1 aromatic heterocycles. The molecule has 0 saturated heterocycles. The third-order valence-electron chi connectivity index (χ3n) is 2.95. The second kappa shape index (κ2) is 6.05. The molecule has 1 heterocycles. The molecule has 0 amide bonds. The average molecular weight is 297 g/mol. The van der Waals surface area contributed by atoms with E-state index >= 15 is 0 Å². The predicted molar refractivity (Wildman–Crippen MR) is 75.8 cm³/mol. The van der Waals surface area contributed by atoms with Crippen molar-refractivity contribution in [3.63, 3.8) is 0 Å². The van der Waals surface area contributed by atoms with Gasteiger partial charge in [-0.1, -0.05) is 24.6 Å². The van der Waals surface area contributed by atoms with Crippen LogP contribution in [-0.2, 0) is 13.1 Å². The fraction of sp³-hybridized carbons (Fsp3) is 0.286. The zero-order chi connectivity index (χ0) is 14.7. The van der Waals surface area contributed by atoms with Gasteiger partial charge in [-0.15, -0.1) is 0 Å². The van der Waals surface area contributed by atoms with Crippen LogP contribution in [0.3, 0.4) is 0 Å². The lowest BCUT2D eigenvalue weighted by molar-refractivity contribution is 0.570. The standard InChI is InChI=1S/C14H14ClFN2O2/c1-2-6-17-7-5-13(19)18(14(17)20)9-10-3-4-11(16)8-12(10)15/h3-5,7-8H,2,6,9H2,1H3. The second-order valence-corrected chi connectivity index (χ2v) is 4.86. The molecular formula is C14H14ClFN2O2. The summed E-state index contributed by atoms with van der Waals surface area (Å²) < 4.78 is 15.6. The summed E-state index contributed by atoms with van der Waals surface area (Å²) in [5.41, 5.74) is -0.260. The van der Waals surface area contributed by atoms with Gasteiger partial charge in [-0.05, 0) is 24.1 Å². The smallest absolute Gasteiger partial charge is 0.300 e. The van der Waals surface area contributed by atoms with Crippen molar-refractivity contribution in [3.8, 4) is 0 Å². The molecule has 6 heteroatoms. The molecule has 0 spiro atoms. The molecule has 20 heavy (non-hydrogen) atoms. The van der Waals surface area contributed by atoms with Crippen LogP contribution in [0.5, 0.6) is 0 Å². The Kier molecular flexibility index (Phi) is 4.39. The lowest BCUT2D eigenvalue weighted by Gasteiger charge is -2.10. The first-order valence-corrected chi connectivity index (χ1v) is 6.65. The first-order valence-electron chi connectivity index (χ1n) is 6.27. The first-order chi connectivity index (χ1) is 9.52. The minimum Gasteiger partial charge on any atom is -0.300 e. The Morgan fingerprint density at radius 3 is 2.65 bits per heavy atom. The van der Waals surface area contributed by atoms with Crippen LogP contribution in [0.15, 0.2) is 40.1 Å². The topological polar surface area (TPSA) is 44.0 Å². The number of aromatic nitrogens is 2. The van der Waals surface area contributed by atoms with Gasteiger partial charge < -0.3 is 4.57 Å². The van der Waals surface area contributed by atoms with E-state index in [0.717, 1.165) is 17.1 Å². The summed E-state index contributed by atoms with van der Waals surface area (Å²) in [5, 5.41) is 0.196. The molecule has 106 valence electrons. The molecule has 0 aliphatic rings. The van der Waals surface area contributed by atoms with Crippen LogP contribution in [0.4, 0.5) is 4.39 Å². The average Bonchev–Trinajstić information content (AvgIpc) is 2.40. The molecule has 0 unspecified atom stereocenters. The summed E-state index contributed by atoms with van der Waals surface area (Å²) >= 11 is 5.92. The molecule has 2 aromatic rings. The number of rotatable bonds is 4. The van der Waals surface area contributed by atoms with Crippen LogP contribution < -0.4 is 11.2 Å². The SMILES string of the molecule is CCCn1ccc(=O)n(Cc2ccc(F)cc2Cl)c1=O. The van der Waals surface area contributed by atoms with Gasteiger partial charge in [0.1, 0.15) is 5.82 Å². The van der Waals surface area contributed by atoms with E-state index in [-0.39, 0.29) is 17.3 Å². The highest BCUT2D eigenvalue weighted by Gasteiger charge is 2.08. The maximum atomic E-state index is 13.0. The summed E-state index contributed by atoms with van der Waals surface area (Å²) in [5.74, 6) is -0.456. The first kappa shape index (κ1) is 14.5. The highest BCUT2D eigenvalue weighted by atomic mass is 35.5. The number of hydrogen-bond acceptors (Lipinski definition) is 2. The lowest BCUT2D eigenvalue weighted by Crippen LogP contribution is -2.39. The van der Waals surface area contributed by atoms with Gasteiger partial charge in [0, 0.05) is 23.8 Å². The fourth-order valence-electron chi connectivity index (χ4n) is 1.93. The zero-order valence-corrected chi connectivity index (χ0v) is 11.7. The Labute approximate surface area is 120 Å². The van der Waals surface area contributed by atoms with Gasteiger partial charge in [0.25, 0.3) is 5.56 Å². The summed E-state index contributed by atoms with van der Waals surface area (Å²) in [7, 11) is 0. The third-order valence-corrected chi connectivity index (χ3v) is 3.30. The molecule has 0 bridgehead atoms. The van der Waals surface area contributed by atoms with Crippen LogP contribution in [0.2, 0.25) is 5.02 Å². The molecule has 0 radical (unpaired) electrons. The highest BCUT2D eigenvalue weighted by molar-refractivity contribution is 6.31. The van der Waals surface area contributed by atoms with Crippen LogP contribution in [0.1, 0.15) is 18.9 Å². The van der Waals surface area contributed by atoms with Crippen molar-refractivity contribution >= 4 is 11.6 Å². The summed E-state index contributed by atoms with van der Waals surface area (Å²) in [6.45, 7) is 2.51. The van der Waals surface area contributed by atoms with Crippen LogP contribution >= 0.6 is 11.6 Å². The van der Waals surface area contributed by atoms with E-state index in [4.69, 9.17) is 11.6 Å². The Hall–Kier alpha value is -1.88. The van der Waals surface area contributed by atoms with Crippen molar-refractivity contribution in [1.82, 2.24) is 9.13 Å². The van der Waals surface area contributed by atoms with E-state index in [1.807, 2.05) is 6.92 Å². The van der Waals surface area contributed by atoms with Crippen molar-refractivity contribution in [2.45, 2.75) is 26.4 Å². The van der Waals surface area contributed by atoms with Gasteiger partial charge >= 0.3 is 5.69 Å². The van der Waals surface area contributed by atoms with Crippen LogP contribution in [0.25, 0.3) is 0 Å². The summed E-state index contributed by atoms with van der Waals surface area (Å²) in [6.07, 6.45) is 2.27. The molecular weight excluding hydrogens is 283 g/mol. The molecule has 0 atom stereocenters. The van der Waals surface area contributed by atoms with E-state index < -0.39 is 11.4 Å². The molecule has 0 aliphatic carbocycles. The molecule has 0 N–H and O–H groups in total. The third kappa shape index (κ3) is 2.99. The molecule has 0 fully saturated rings. The monoisotopic (exact) mass is 296 g/mol. The Morgan fingerprint density at radius 1 is 1.25 bits per heavy atom. The van der Waals surface area contributed by atoms with Crippen molar-refractivity contribution in [2.24, 2.45) is 0 Å². The van der Waals surface area contributed by atoms with E-state index in [2.05, 4.69) is 0 Å². The van der Waals surface area contributed by atoms with Gasteiger partial charge in [0.2, 0.25) is 0 Å². The molecule has 0 saturated carbocycles. The van der Waals surface area contributed by atoms with Gasteiger partial charge in [-0.25, -0.2) is 9.18 Å². The van der Waals surface area contributed by atoms with Gasteiger partial charge in [-0.3, -0.25) is 9.36 Å². The molecule has 4 nitrogen and oxygen atoms in total. The van der Waals surface area contributed by atoms with Crippen molar-refractivity contribution < 1.29 is 4.39 Å². The number of benzene rings is 1. The Bertz CT molecular complexity index is 737. The Morgan fingerprint density at radius 2 is 2.00 bits per heavy atom. The maximum Gasteiger partial charge on any atom is 0.331 e. The number of hydrogen-bond donors (Lipinski definition) is 0. The number of nitrogens with zero attached hydrogens (tertiary/aromatic N) is 2. The maximum absolute atomic E-state index is 13.0. The number of halogens is 2. The summed E-state index contributed by atoms with van der Waals surface area (Å²) in [4.78, 5) is 24.0. The minimum atomic E-state index is -0.456. The van der Waals surface area contributed by atoms with E-state index in [0.29, 0.717) is 12.1 Å². The number of aryl methyl sites for hydroxylation is 1. The van der Waals surface area contributed by atoms with Gasteiger partial charge in [0.05, 0.1) is 6.54 Å². The van der Waals surface area contributed by atoms with E-state index in [1.54, 1.807) is 0 Å². The van der Waals surface area contributed by atoms with Gasteiger partial charge in [0.15, 0.2) is 0 Å². The predicted octanol–water partition coefficient (Wildman–Crippen LogP) is 2.26. The quantitative estimate of drug-likeness (QED) is 0.868. The normalized spacial score (nSPS) is 10.8. The van der Waals surface area contributed by atoms with E-state index in [9.17, 15) is 14.0 Å². The Balaban J connectivity index is 2.45. The van der Waals surface area contributed by atoms with Crippen LogP contribution in [0, 0.1) is 5.82 Å². The van der Waals surface area contributed by atoms with Crippen molar-refractivity contribution in [3.05, 3.63) is 67.7 Å². The minimum absolute atomic E-state index is 0.0291. The molecule has 2 rings (SSSR count). The molecule has 0 aliphatic heterocycles. The van der Waals surface area contributed by atoms with Crippen molar-refractivity contribution in [2.75, 3.05) is 0 Å². The van der Waals surface area contributed by atoms with E-state index in [1.165, 1.54) is 29.0 Å². The van der Waals surface area contributed by atoms with Crippen LogP contribution in [-0.4, -0.2) is 9.13 Å². The highest BCUT2D eigenvalue weighted by Crippen LogP contribution is 2.17.